The second-order valence-electron chi connectivity index (χ2n) is 5.25. The number of amides is 1. The Morgan fingerprint density at radius 2 is 1.91 bits per heavy atom. The van der Waals surface area contributed by atoms with E-state index in [4.69, 9.17) is 4.74 Å². The van der Waals surface area contributed by atoms with E-state index in [1.165, 1.54) is 0 Å². The van der Waals surface area contributed by atoms with Gasteiger partial charge in [0.1, 0.15) is 11.4 Å². The summed E-state index contributed by atoms with van der Waals surface area (Å²) in [6.07, 6.45) is 0. The monoisotopic (exact) mass is 294 g/mol. The van der Waals surface area contributed by atoms with Gasteiger partial charge in [0.05, 0.1) is 12.6 Å². The second-order valence-corrected chi connectivity index (χ2v) is 5.25. The van der Waals surface area contributed by atoms with Crippen LogP contribution in [0.25, 0.3) is 10.9 Å². The van der Waals surface area contributed by atoms with Gasteiger partial charge in [-0.25, -0.2) is 0 Å². The van der Waals surface area contributed by atoms with Crippen LogP contribution < -0.4 is 4.74 Å². The Hall–Kier alpha value is -2.75. The predicted molar refractivity (Wildman–Crippen MR) is 87.1 cm³/mol. The molecule has 0 saturated heterocycles. The van der Waals surface area contributed by atoms with Crippen LogP contribution in [0.5, 0.6) is 5.75 Å². The van der Waals surface area contributed by atoms with E-state index < -0.39 is 0 Å². The van der Waals surface area contributed by atoms with Crippen molar-refractivity contribution in [2.24, 2.45) is 0 Å². The van der Waals surface area contributed by atoms with Gasteiger partial charge in [0.15, 0.2) is 0 Å². The van der Waals surface area contributed by atoms with E-state index in [0.717, 1.165) is 22.2 Å². The van der Waals surface area contributed by atoms with Gasteiger partial charge in [-0.15, -0.1) is 0 Å². The van der Waals surface area contributed by atoms with E-state index in [1.807, 2.05) is 54.6 Å². The lowest BCUT2D eigenvalue weighted by atomic mass is 10.2. The lowest BCUT2D eigenvalue weighted by Crippen LogP contribution is -2.26. The van der Waals surface area contributed by atoms with E-state index >= 15 is 0 Å². The van der Waals surface area contributed by atoms with Gasteiger partial charge in [0, 0.05) is 19.0 Å². The third-order valence-corrected chi connectivity index (χ3v) is 3.68. The number of nitrogens with one attached hydrogen (secondary N) is 1. The molecule has 4 nitrogen and oxygen atoms in total. The van der Waals surface area contributed by atoms with Gasteiger partial charge in [0.2, 0.25) is 0 Å². The number of hydrogen-bond acceptors (Lipinski definition) is 2. The number of benzene rings is 2. The molecule has 0 aliphatic rings. The molecule has 1 amide bonds. The Kier molecular flexibility index (Phi) is 3.83. The Balaban J connectivity index is 1.85. The number of carbonyl (C=O) groups excluding carboxylic acids is 1. The van der Waals surface area contributed by atoms with Crippen LogP contribution in [0, 0.1) is 0 Å². The molecule has 3 rings (SSSR count). The summed E-state index contributed by atoms with van der Waals surface area (Å²) in [5.74, 6) is 0.698. The summed E-state index contributed by atoms with van der Waals surface area (Å²) >= 11 is 0. The number of methoxy groups -OCH3 is 1. The minimum absolute atomic E-state index is 0.0397. The van der Waals surface area contributed by atoms with Crippen molar-refractivity contribution >= 4 is 16.8 Å². The van der Waals surface area contributed by atoms with Crippen molar-refractivity contribution < 1.29 is 9.53 Å². The van der Waals surface area contributed by atoms with E-state index in [-0.39, 0.29) is 5.91 Å². The average molecular weight is 294 g/mol. The van der Waals surface area contributed by atoms with Crippen molar-refractivity contribution in [1.29, 1.82) is 0 Å². The summed E-state index contributed by atoms with van der Waals surface area (Å²) in [4.78, 5) is 17.4. The first-order valence-electron chi connectivity index (χ1n) is 7.14. The molecule has 3 aromatic rings. The maximum absolute atomic E-state index is 12.6. The molecule has 1 heterocycles. The van der Waals surface area contributed by atoms with Crippen molar-refractivity contribution in [2.75, 3.05) is 14.2 Å². The molecule has 2 aromatic carbocycles. The number of H-pyrrole nitrogens is 1. The van der Waals surface area contributed by atoms with Crippen LogP contribution in [0.1, 0.15) is 16.1 Å². The molecular weight excluding hydrogens is 276 g/mol. The van der Waals surface area contributed by atoms with Gasteiger partial charge in [-0.1, -0.05) is 42.5 Å². The van der Waals surface area contributed by atoms with Gasteiger partial charge in [0.25, 0.3) is 5.91 Å². The zero-order chi connectivity index (χ0) is 15.5. The maximum Gasteiger partial charge on any atom is 0.270 e. The molecule has 0 aliphatic carbocycles. The minimum atomic E-state index is -0.0397. The van der Waals surface area contributed by atoms with Gasteiger partial charge in [-0.2, -0.15) is 0 Å². The number of rotatable bonds is 4. The van der Waals surface area contributed by atoms with E-state index in [9.17, 15) is 4.79 Å². The Morgan fingerprint density at radius 1 is 1.14 bits per heavy atom. The molecule has 0 spiro atoms. The number of para-hydroxylation sites is 1. The van der Waals surface area contributed by atoms with Crippen LogP contribution in [0.15, 0.2) is 54.6 Å². The fraction of sp³-hybridized carbons (Fsp3) is 0.167. The molecule has 0 aliphatic heterocycles. The second kappa shape index (κ2) is 5.93. The molecule has 4 heteroatoms. The predicted octanol–water partition coefficient (Wildman–Crippen LogP) is 3.45. The van der Waals surface area contributed by atoms with Crippen LogP contribution in [-0.4, -0.2) is 29.9 Å². The fourth-order valence-electron chi connectivity index (χ4n) is 2.55. The number of carbonyl (C=O) groups is 1. The quantitative estimate of drug-likeness (QED) is 0.801. The van der Waals surface area contributed by atoms with E-state index in [0.29, 0.717) is 12.2 Å². The Labute approximate surface area is 129 Å². The number of fused-ring (bicyclic) bond motifs is 1. The Morgan fingerprint density at radius 3 is 2.64 bits per heavy atom. The largest absolute Gasteiger partial charge is 0.495 e. The van der Waals surface area contributed by atoms with Crippen molar-refractivity contribution in [1.82, 2.24) is 9.88 Å². The van der Waals surface area contributed by atoms with Gasteiger partial charge < -0.3 is 14.6 Å². The van der Waals surface area contributed by atoms with Gasteiger partial charge >= 0.3 is 0 Å². The number of ether oxygens (including phenoxy) is 1. The number of hydrogen-bond donors (Lipinski definition) is 1. The zero-order valence-corrected chi connectivity index (χ0v) is 12.7. The molecule has 1 aromatic heterocycles. The highest BCUT2D eigenvalue weighted by molar-refractivity contribution is 5.99. The summed E-state index contributed by atoms with van der Waals surface area (Å²) in [6, 6.07) is 17.6. The average Bonchev–Trinajstić information content (AvgIpc) is 2.99. The molecule has 0 radical (unpaired) electrons. The highest BCUT2D eigenvalue weighted by atomic mass is 16.5. The van der Waals surface area contributed by atoms with E-state index in [2.05, 4.69) is 4.98 Å². The van der Waals surface area contributed by atoms with Crippen LogP contribution in [-0.2, 0) is 6.54 Å². The summed E-state index contributed by atoms with van der Waals surface area (Å²) in [5.41, 5.74) is 2.52. The molecular formula is C18H18N2O2. The van der Waals surface area contributed by atoms with Crippen LogP contribution in [0.4, 0.5) is 0 Å². The number of aromatic nitrogens is 1. The lowest BCUT2D eigenvalue weighted by molar-refractivity contribution is 0.0780. The first kappa shape index (κ1) is 14.2. The normalized spacial score (nSPS) is 10.6. The zero-order valence-electron chi connectivity index (χ0n) is 12.7. The molecule has 0 bridgehead atoms. The summed E-state index contributed by atoms with van der Waals surface area (Å²) < 4.78 is 5.32. The van der Waals surface area contributed by atoms with Crippen molar-refractivity contribution in [3.8, 4) is 5.75 Å². The highest BCUT2D eigenvalue weighted by Gasteiger charge is 2.16. The molecule has 0 fully saturated rings. The van der Waals surface area contributed by atoms with Crippen molar-refractivity contribution in [2.45, 2.75) is 6.54 Å². The van der Waals surface area contributed by atoms with Gasteiger partial charge in [-0.3, -0.25) is 4.79 Å². The molecule has 112 valence electrons. The summed E-state index contributed by atoms with van der Waals surface area (Å²) in [5, 5.41) is 0.968. The fourth-order valence-corrected chi connectivity index (χ4v) is 2.55. The molecule has 0 atom stereocenters. The van der Waals surface area contributed by atoms with Crippen LogP contribution >= 0.6 is 0 Å². The lowest BCUT2D eigenvalue weighted by Gasteiger charge is -2.16. The van der Waals surface area contributed by atoms with Gasteiger partial charge in [-0.05, 0) is 17.7 Å². The smallest absolute Gasteiger partial charge is 0.270 e. The molecule has 1 N–H and O–H groups in total. The van der Waals surface area contributed by atoms with Crippen molar-refractivity contribution in [3.05, 3.63) is 65.9 Å². The number of aromatic amines is 1. The summed E-state index contributed by atoms with van der Waals surface area (Å²) in [6.45, 7) is 0.576. The molecule has 0 unspecified atom stereocenters. The SMILES string of the molecule is COc1cccc2cc(C(=O)N(C)Cc3ccccc3)[nH]c12. The first-order chi connectivity index (χ1) is 10.7. The minimum Gasteiger partial charge on any atom is -0.495 e. The van der Waals surface area contributed by atoms with Crippen molar-refractivity contribution in [3.63, 3.8) is 0 Å². The third kappa shape index (κ3) is 2.68. The molecule has 0 saturated carbocycles. The van der Waals surface area contributed by atoms with Crippen LogP contribution in [0.3, 0.4) is 0 Å². The summed E-state index contributed by atoms with van der Waals surface area (Å²) in [7, 11) is 3.43. The highest BCUT2D eigenvalue weighted by Crippen LogP contribution is 2.25. The van der Waals surface area contributed by atoms with E-state index in [1.54, 1.807) is 19.1 Å². The standard InChI is InChI=1S/C18H18N2O2/c1-20(12-13-7-4-3-5-8-13)18(21)15-11-14-9-6-10-16(22-2)17(14)19-15/h3-11,19H,12H2,1-2H3. The maximum atomic E-state index is 12.6. The Bertz CT molecular complexity index is 793. The first-order valence-corrected chi connectivity index (χ1v) is 7.14. The third-order valence-electron chi connectivity index (χ3n) is 3.68. The van der Waals surface area contributed by atoms with Crippen LogP contribution in [0.2, 0.25) is 0 Å². The molecule has 22 heavy (non-hydrogen) atoms. The number of nitrogens with zero attached hydrogens (tertiary/aromatic N) is 1. The topological polar surface area (TPSA) is 45.3 Å².